The Morgan fingerprint density at radius 3 is 3.11 bits per heavy atom. The number of nitrogens with zero attached hydrogens (tertiary/aromatic N) is 3. The second-order valence-electron chi connectivity index (χ2n) is 4.74. The van der Waals surface area contributed by atoms with Gasteiger partial charge in [0.2, 0.25) is 0 Å². The van der Waals surface area contributed by atoms with Gasteiger partial charge in [0.25, 0.3) is 0 Å². The minimum absolute atomic E-state index is 0.217. The molecule has 1 atom stereocenters. The molecule has 4 N–H and O–H groups in total. The van der Waals surface area contributed by atoms with Crippen LogP contribution in [0.4, 0.5) is 11.6 Å². The molecule has 0 bridgehead atoms. The molecule has 106 valence electrons. The maximum Gasteiger partial charge on any atom is 0.158 e. The standard InChI is InChI=1S/C12H21N5O2/c1-19-8-11-14-10(16-13)5-12(15-11)17-4-2-3-9(6-17)7-18/h5,9,18H,2-4,6-8,13H2,1H3,(H,14,15,16). The summed E-state index contributed by atoms with van der Waals surface area (Å²) in [6.07, 6.45) is 2.12. The van der Waals surface area contributed by atoms with Gasteiger partial charge < -0.3 is 20.2 Å². The fourth-order valence-corrected chi connectivity index (χ4v) is 2.33. The second kappa shape index (κ2) is 6.65. The molecule has 1 saturated heterocycles. The van der Waals surface area contributed by atoms with E-state index in [4.69, 9.17) is 10.6 Å². The Kier molecular flexibility index (Phi) is 4.89. The zero-order chi connectivity index (χ0) is 13.7. The first-order valence-corrected chi connectivity index (χ1v) is 6.46. The van der Waals surface area contributed by atoms with Crippen molar-refractivity contribution in [3.05, 3.63) is 11.9 Å². The Bertz CT molecular complexity index is 415. The maximum atomic E-state index is 9.28. The molecular formula is C12H21N5O2. The molecular weight excluding hydrogens is 246 g/mol. The number of aliphatic hydroxyl groups is 1. The summed E-state index contributed by atoms with van der Waals surface area (Å²) in [6.45, 7) is 2.31. The van der Waals surface area contributed by atoms with Crippen molar-refractivity contribution < 1.29 is 9.84 Å². The van der Waals surface area contributed by atoms with Gasteiger partial charge in [0, 0.05) is 32.9 Å². The number of nitrogens with two attached hydrogens (primary N) is 1. The van der Waals surface area contributed by atoms with E-state index in [1.165, 1.54) is 0 Å². The van der Waals surface area contributed by atoms with Crippen molar-refractivity contribution in [3.8, 4) is 0 Å². The van der Waals surface area contributed by atoms with E-state index in [0.717, 1.165) is 31.7 Å². The van der Waals surface area contributed by atoms with Crippen LogP contribution in [0.1, 0.15) is 18.7 Å². The Labute approximate surface area is 112 Å². The molecule has 1 aromatic rings. The van der Waals surface area contributed by atoms with E-state index in [-0.39, 0.29) is 6.61 Å². The minimum atomic E-state index is 0.217. The third-order valence-electron chi connectivity index (χ3n) is 3.28. The summed E-state index contributed by atoms with van der Waals surface area (Å²) in [5.74, 6) is 7.73. The van der Waals surface area contributed by atoms with Crippen molar-refractivity contribution in [3.63, 3.8) is 0 Å². The molecule has 1 aliphatic rings. The van der Waals surface area contributed by atoms with Gasteiger partial charge in [0.05, 0.1) is 0 Å². The number of hydrazine groups is 1. The summed E-state index contributed by atoms with van der Waals surface area (Å²) in [4.78, 5) is 10.9. The number of nitrogen functional groups attached to an aromatic ring is 1. The second-order valence-corrected chi connectivity index (χ2v) is 4.74. The van der Waals surface area contributed by atoms with Crippen molar-refractivity contribution in [2.24, 2.45) is 11.8 Å². The zero-order valence-corrected chi connectivity index (χ0v) is 11.2. The normalized spacial score (nSPS) is 19.5. The van der Waals surface area contributed by atoms with E-state index in [2.05, 4.69) is 20.3 Å². The van der Waals surface area contributed by atoms with Gasteiger partial charge in [0.1, 0.15) is 18.2 Å². The lowest BCUT2D eigenvalue weighted by molar-refractivity contribution is 0.177. The van der Waals surface area contributed by atoms with E-state index < -0.39 is 0 Å². The predicted octanol–water partition coefficient (Wildman–Crippen LogP) is 0.117. The highest BCUT2D eigenvalue weighted by Crippen LogP contribution is 2.23. The van der Waals surface area contributed by atoms with Gasteiger partial charge in [-0.05, 0) is 18.8 Å². The molecule has 1 aromatic heterocycles. The SMILES string of the molecule is COCc1nc(NN)cc(N2CCCC(CO)C2)n1. The van der Waals surface area contributed by atoms with Gasteiger partial charge in [-0.1, -0.05) is 0 Å². The molecule has 0 radical (unpaired) electrons. The van der Waals surface area contributed by atoms with Crippen LogP contribution in [0.25, 0.3) is 0 Å². The van der Waals surface area contributed by atoms with E-state index in [1.54, 1.807) is 7.11 Å². The number of methoxy groups -OCH3 is 1. The molecule has 1 unspecified atom stereocenters. The molecule has 0 aromatic carbocycles. The van der Waals surface area contributed by atoms with E-state index in [9.17, 15) is 5.11 Å². The molecule has 2 heterocycles. The third kappa shape index (κ3) is 3.52. The topological polar surface area (TPSA) is 96.5 Å². The van der Waals surface area contributed by atoms with Crippen LogP contribution in [0.5, 0.6) is 0 Å². The van der Waals surface area contributed by atoms with Crippen LogP contribution < -0.4 is 16.2 Å². The van der Waals surface area contributed by atoms with Gasteiger partial charge in [-0.3, -0.25) is 0 Å². The average Bonchev–Trinajstić information content (AvgIpc) is 2.47. The summed E-state index contributed by atoms with van der Waals surface area (Å²) >= 11 is 0. The average molecular weight is 267 g/mol. The van der Waals surface area contributed by atoms with E-state index in [1.807, 2.05) is 6.07 Å². The lowest BCUT2D eigenvalue weighted by atomic mass is 9.99. The van der Waals surface area contributed by atoms with Crippen LogP contribution >= 0.6 is 0 Å². The highest BCUT2D eigenvalue weighted by atomic mass is 16.5. The Hall–Kier alpha value is -1.44. The van der Waals surface area contributed by atoms with Crippen LogP contribution in [0, 0.1) is 5.92 Å². The van der Waals surface area contributed by atoms with Crippen molar-refractivity contribution in [1.29, 1.82) is 0 Å². The number of nitrogens with one attached hydrogen (secondary N) is 1. The zero-order valence-electron chi connectivity index (χ0n) is 11.2. The Morgan fingerprint density at radius 1 is 1.58 bits per heavy atom. The first-order valence-electron chi connectivity index (χ1n) is 6.46. The summed E-state index contributed by atoms with van der Waals surface area (Å²) in [7, 11) is 1.61. The molecule has 7 nitrogen and oxygen atoms in total. The third-order valence-corrected chi connectivity index (χ3v) is 3.28. The number of aromatic nitrogens is 2. The number of rotatable bonds is 5. The summed E-state index contributed by atoms with van der Waals surface area (Å²) < 4.78 is 5.06. The lowest BCUT2D eigenvalue weighted by Gasteiger charge is -2.33. The number of hydrogen-bond acceptors (Lipinski definition) is 7. The summed E-state index contributed by atoms with van der Waals surface area (Å²) in [5.41, 5.74) is 2.55. The first kappa shape index (κ1) is 14.0. The highest BCUT2D eigenvalue weighted by Gasteiger charge is 2.21. The molecule has 19 heavy (non-hydrogen) atoms. The number of aliphatic hydroxyl groups excluding tert-OH is 1. The van der Waals surface area contributed by atoms with Gasteiger partial charge >= 0.3 is 0 Å². The molecule has 0 saturated carbocycles. The number of ether oxygens (including phenoxy) is 1. The van der Waals surface area contributed by atoms with Gasteiger partial charge in [-0.25, -0.2) is 15.8 Å². The molecule has 0 aliphatic carbocycles. The molecule has 7 heteroatoms. The van der Waals surface area contributed by atoms with Crippen LogP contribution in [-0.2, 0) is 11.3 Å². The van der Waals surface area contributed by atoms with Crippen molar-refractivity contribution >= 4 is 11.6 Å². The van der Waals surface area contributed by atoms with Gasteiger partial charge in [0.15, 0.2) is 5.82 Å². The van der Waals surface area contributed by atoms with E-state index >= 15 is 0 Å². The molecule has 2 rings (SSSR count). The number of piperidine rings is 1. The van der Waals surface area contributed by atoms with Crippen molar-refractivity contribution in [2.45, 2.75) is 19.4 Å². The maximum absolute atomic E-state index is 9.28. The summed E-state index contributed by atoms with van der Waals surface area (Å²) in [5, 5.41) is 9.28. The minimum Gasteiger partial charge on any atom is -0.396 e. The highest BCUT2D eigenvalue weighted by molar-refractivity contribution is 5.49. The summed E-state index contributed by atoms with van der Waals surface area (Å²) in [6, 6.07) is 1.82. The van der Waals surface area contributed by atoms with Crippen molar-refractivity contribution in [1.82, 2.24) is 9.97 Å². The monoisotopic (exact) mass is 267 g/mol. The lowest BCUT2D eigenvalue weighted by Crippen LogP contribution is -2.37. The molecule has 1 aliphatic heterocycles. The number of anilines is 2. The smallest absolute Gasteiger partial charge is 0.158 e. The Morgan fingerprint density at radius 2 is 2.42 bits per heavy atom. The Balaban J connectivity index is 2.19. The van der Waals surface area contributed by atoms with E-state index in [0.29, 0.717) is 24.2 Å². The molecule has 0 amide bonds. The predicted molar refractivity (Wildman–Crippen MR) is 72.6 cm³/mol. The van der Waals surface area contributed by atoms with Crippen LogP contribution in [0.15, 0.2) is 6.07 Å². The van der Waals surface area contributed by atoms with Crippen LogP contribution in [0.3, 0.4) is 0 Å². The fraction of sp³-hybridized carbons (Fsp3) is 0.667. The van der Waals surface area contributed by atoms with Crippen LogP contribution in [-0.4, -0.2) is 41.9 Å². The largest absolute Gasteiger partial charge is 0.396 e. The molecule has 0 spiro atoms. The molecule has 1 fully saturated rings. The number of hydrogen-bond donors (Lipinski definition) is 3. The van der Waals surface area contributed by atoms with Gasteiger partial charge in [-0.15, -0.1) is 0 Å². The quantitative estimate of drug-likeness (QED) is 0.515. The first-order chi connectivity index (χ1) is 9.26. The van der Waals surface area contributed by atoms with Crippen molar-refractivity contribution in [2.75, 3.05) is 37.1 Å². The van der Waals surface area contributed by atoms with Gasteiger partial charge in [-0.2, -0.15) is 0 Å². The fourth-order valence-electron chi connectivity index (χ4n) is 2.33. The van der Waals surface area contributed by atoms with Crippen LogP contribution in [0.2, 0.25) is 0 Å².